The van der Waals surface area contributed by atoms with Gasteiger partial charge in [0, 0.05) is 13.0 Å². The molecular formula is C14H15N3O2S. The quantitative estimate of drug-likeness (QED) is 0.915. The Balaban J connectivity index is 1.99. The van der Waals surface area contributed by atoms with Crippen LogP contribution >= 0.6 is 11.3 Å². The molecule has 1 saturated heterocycles. The van der Waals surface area contributed by atoms with E-state index in [9.17, 15) is 9.59 Å². The second kappa shape index (κ2) is 4.56. The summed E-state index contributed by atoms with van der Waals surface area (Å²) >= 11 is 1.48. The zero-order valence-corrected chi connectivity index (χ0v) is 12.2. The molecule has 5 nitrogen and oxygen atoms in total. The molecule has 2 amide bonds. The molecule has 3 rings (SSSR count). The fourth-order valence-corrected chi connectivity index (χ4v) is 3.44. The van der Waals surface area contributed by atoms with Crippen LogP contribution in [0.3, 0.4) is 0 Å². The van der Waals surface area contributed by atoms with E-state index in [1.807, 2.05) is 13.0 Å². The molecule has 1 aromatic carbocycles. The van der Waals surface area contributed by atoms with Crippen molar-refractivity contribution in [1.82, 2.24) is 4.98 Å². The number of nitrogens with zero attached hydrogens (tertiary/aromatic N) is 2. The lowest BCUT2D eigenvalue weighted by molar-refractivity contribution is -0.123. The van der Waals surface area contributed by atoms with Gasteiger partial charge in [0.25, 0.3) is 0 Å². The number of aromatic nitrogens is 1. The molecule has 0 radical (unpaired) electrons. The van der Waals surface area contributed by atoms with Crippen molar-refractivity contribution < 1.29 is 9.59 Å². The third kappa shape index (κ3) is 2.06. The van der Waals surface area contributed by atoms with Crippen molar-refractivity contribution in [2.24, 2.45) is 11.7 Å². The van der Waals surface area contributed by atoms with Crippen LogP contribution in [0.4, 0.5) is 5.13 Å². The van der Waals surface area contributed by atoms with Crippen molar-refractivity contribution in [3.8, 4) is 0 Å². The maximum atomic E-state index is 12.0. The Morgan fingerprint density at radius 3 is 2.75 bits per heavy atom. The van der Waals surface area contributed by atoms with Crippen molar-refractivity contribution >= 4 is 38.5 Å². The highest BCUT2D eigenvalue weighted by Crippen LogP contribution is 2.33. The van der Waals surface area contributed by atoms with Crippen LogP contribution in [0.2, 0.25) is 0 Å². The number of hydrogen-bond acceptors (Lipinski definition) is 4. The lowest BCUT2D eigenvalue weighted by Crippen LogP contribution is -2.28. The fraction of sp³-hybridized carbons (Fsp3) is 0.357. The molecule has 20 heavy (non-hydrogen) atoms. The molecule has 2 aromatic rings. The number of carbonyl (C=O) groups is 2. The molecule has 0 aliphatic carbocycles. The van der Waals surface area contributed by atoms with Gasteiger partial charge in [-0.1, -0.05) is 11.3 Å². The lowest BCUT2D eigenvalue weighted by atomic mass is 10.1. The summed E-state index contributed by atoms with van der Waals surface area (Å²) in [4.78, 5) is 29.3. The maximum absolute atomic E-state index is 12.0. The molecule has 1 aliphatic heterocycles. The number of thiazole rings is 1. The molecule has 6 heteroatoms. The number of primary amides is 1. The summed E-state index contributed by atoms with van der Waals surface area (Å²) in [5, 5.41) is 0.652. The smallest absolute Gasteiger partial charge is 0.229 e. The van der Waals surface area contributed by atoms with Crippen LogP contribution in [-0.4, -0.2) is 23.3 Å². The summed E-state index contributed by atoms with van der Waals surface area (Å²) in [7, 11) is 0. The third-order valence-corrected chi connectivity index (χ3v) is 4.79. The van der Waals surface area contributed by atoms with E-state index in [2.05, 4.69) is 18.0 Å². The minimum atomic E-state index is -0.423. The lowest BCUT2D eigenvalue weighted by Gasteiger charge is -2.11. The van der Waals surface area contributed by atoms with Crippen LogP contribution < -0.4 is 10.6 Å². The first-order valence-electron chi connectivity index (χ1n) is 6.43. The van der Waals surface area contributed by atoms with Gasteiger partial charge < -0.3 is 5.73 Å². The summed E-state index contributed by atoms with van der Waals surface area (Å²) in [5.41, 5.74) is 8.55. The third-order valence-electron chi connectivity index (χ3n) is 3.75. The molecule has 1 aromatic heterocycles. The van der Waals surface area contributed by atoms with Crippen LogP contribution in [0.15, 0.2) is 12.1 Å². The molecule has 0 saturated carbocycles. The predicted molar refractivity (Wildman–Crippen MR) is 78.7 cm³/mol. The number of fused-ring (bicyclic) bond motifs is 1. The van der Waals surface area contributed by atoms with E-state index >= 15 is 0 Å². The van der Waals surface area contributed by atoms with Crippen molar-refractivity contribution in [3.63, 3.8) is 0 Å². The van der Waals surface area contributed by atoms with Crippen molar-refractivity contribution in [1.29, 1.82) is 0 Å². The summed E-state index contributed by atoms with van der Waals surface area (Å²) in [6, 6.07) is 4.11. The number of benzene rings is 1. The van der Waals surface area contributed by atoms with Gasteiger partial charge in [0.05, 0.1) is 16.1 Å². The Bertz CT molecular complexity index is 684. The van der Waals surface area contributed by atoms with Gasteiger partial charge in [-0.05, 0) is 37.1 Å². The zero-order valence-electron chi connectivity index (χ0n) is 11.3. The molecule has 0 bridgehead atoms. The van der Waals surface area contributed by atoms with Gasteiger partial charge in [-0.3, -0.25) is 14.5 Å². The van der Waals surface area contributed by atoms with Crippen molar-refractivity contribution in [2.75, 3.05) is 11.4 Å². The van der Waals surface area contributed by atoms with Gasteiger partial charge in [-0.25, -0.2) is 4.98 Å². The maximum Gasteiger partial charge on any atom is 0.229 e. The predicted octanol–water partition coefficient (Wildman–Crippen LogP) is 1.75. The standard InChI is InChI=1S/C14H15N3O2S/c1-7-3-10-11(4-8(7)2)20-14(16-10)17-6-9(13(15)19)5-12(17)18/h3-4,9H,5-6H2,1-2H3,(H2,15,19). The fourth-order valence-electron chi connectivity index (χ4n) is 2.37. The Hall–Kier alpha value is -1.95. The molecule has 0 spiro atoms. The highest BCUT2D eigenvalue weighted by molar-refractivity contribution is 7.22. The number of nitrogens with two attached hydrogens (primary N) is 1. The number of anilines is 1. The highest BCUT2D eigenvalue weighted by atomic mass is 32.1. The van der Waals surface area contributed by atoms with E-state index in [0.717, 1.165) is 10.2 Å². The van der Waals surface area contributed by atoms with E-state index in [0.29, 0.717) is 11.7 Å². The van der Waals surface area contributed by atoms with E-state index in [1.54, 1.807) is 4.90 Å². The zero-order chi connectivity index (χ0) is 14.4. The summed E-state index contributed by atoms with van der Waals surface area (Å²) < 4.78 is 1.05. The molecular weight excluding hydrogens is 274 g/mol. The number of hydrogen-bond donors (Lipinski definition) is 1. The van der Waals surface area contributed by atoms with E-state index in [4.69, 9.17) is 5.73 Å². The number of amides is 2. The minimum Gasteiger partial charge on any atom is -0.369 e. The van der Waals surface area contributed by atoms with E-state index < -0.39 is 11.8 Å². The van der Waals surface area contributed by atoms with Gasteiger partial charge in [-0.2, -0.15) is 0 Å². The Morgan fingerprint density at radius 2 is 2.10 bits per heavy atom. The molecule has 1 unspecified atom stereocenters. The van der Waals surface area contributed by atoms with Gasteiger partial charge in [0.1, 0.15) is 0 Å². The number of rotatable bonds is 2. The number of carbonyl (C=O) groups excluding carboxylic acids is 2. The first-order valence-corrected chi connectivity index (χ1v) is 7.25. The molecule has 104 valence electrons. The monoisotopic (exact) mass is 289 g/mol. The van der Waals surface area contributed by atoms with E-state index in [-0.39, 0.29) is 12.3 Å². The van der Waals surface area contributed by atoms with E-state index in [1.165, 1.54) is 22.5 Å². The topological polar surface area (TPSA) is 76.3 Å². The highest BCUT2D eigenvalue weighted by Gasteiger charge is 2.35. The van der Waals surface area contributed by atoms with Crippen molar-refractivity contribution in [2.45, 2.75) is 20.3 Å². The van der Waals surface area contributed by atoms with Gasteiger partial charge >= 0.3 is 0 Å². The van der Waals surface area contributed by atoms with Crippen molar-refractivity contribution in [3.05, 3.63) is 23.3 Å². The summed E-state index contributed by atoms with van der Waals surface area (Å²) in [6.45, 7) is 4.43. The average Bonchev–Trinajstić information content (AvgIpc) is 2.93. The van der Waals surface area contributed by atoms with Crippen LogP contribution in [0.5, 0.6) is 0 Å². The molecule has 1 atom stereocenters. The SMILES string of the molecule is Cc1cc2nc(N3CC(C(N)=O)CC3=O)sc2cc1C. The Morgan fingerprint density at radius 1 is 1.40 bits per heavy atom. The second-order valence-corrected chi connectivity index (χ2v) is 6.22. The molecule has 1 aliphatic rings. The van der Waals surface area contributed by atoms with Crippen LogP contribution in [0, 0.1) is 19.8 Å². The second-order valence-electron chi connectivity index (χ2n) is 5.21. The van der Waals surface area contributed by atoms with Crippen LogP contribution in [0.25, 0.3) is 10.2 Å². The normalized spacial score (nSPS) is 19.0. The summed E-state index contributed by atoms with van der Waals surface area (Å²) in [5.74, 6) is -0.909. The Labute approximate surface area is 120 Å². The molecule has 2 N–H and O–H groups in total. The van der Waals surface area contributed by atoms with Crippen LogP contribution in [-0.2, 0) is 9.59 Å². The minimum absolute atomic E-state index is 0.0821. The average molecular weight is 289 g/mol. The molecule has 1 fully saturated rings. The molecule has 2 heterocycles. The van der Waals surface area contributed by atoms with Gasteiger partial charge in [-0.15, -0.1) is 0 Å². The van der Waals surface area contributed by atoms with Crippen LogP contribution in [0.1, 0.15) is 17.5 Å². The largest absolute Gasteiger partial charge is 0.369 e. The number of aryl methyl sites for hydroxylation is 2. The first kappa shape index (κ1) is 13.1. The first-order chi connectivity index (χ1) is 9.45. The van der Waals surface area contributed by atoms with Gasteiger partial charge in [0.2, 0.25) is 11.8 Å². The van der Waals surface area contributed by atoms with Gasteiger partial charge in [0.15, 0.2) is 5.13 Å². The summed E-state index contributed by atoms with van der Waals surface area (Å²) in [6.07, 6.45) is 0.184. The Kier molecular flexibility index (Phi) is 2.97.